The van der Waals surface area contributed by atoms with E-state index < -0.39 is 12.1 Å². The molecule has 6 heteroatoms. The number of hydrogen-bond acceptors (Lipinski definition) is 4. The molecule has 1 aromatic rings. The second-order valence-electron chi connectivity index (χ2n) is 4.05. The molecule has 0 aromatic carbocycles. The van der Waals surface area contributed by atoms with Crippen molar-refractivity contribution < 1.29 is 23.8 Å². The molecule has 0 aliphatic carbocycles. The van der Waals surface area contributed by atoms with Crippen LogP contribution < -0.4 is 0 Å². The molecule has 0 saturated carbocycles. The van der Waals surface area contributed by atoms with E-state index in [1.807, 2.05) is 13.0 Å². The van der Waals surface area contributed by atoms with Crippen LogP contribution in [0.2, 0.25) is 0 Å². The first-order chi connectivity index (χ1) is 8.40. The molecular weight excluding hydrogens is 238 g/mol. The second-order valence-corrected chi connectivity index (χ2v) is 4.05. The fourth-order valence-electron chi connectivity index (χ4n) is 1.27. The average Bonchev–Trinajstić information content (AvgIpc) is 2.70. The smallest absolute Gasteiger partial charge is 0.332 e. The van der Waals surface area contributed by atoms with Crippen molar-refractivity contribution in [2.24, 2.45) is 0 Å². The van der Waals surface area contributed by atoms with Gasteiger partial charge in [0.2, 0.25) is 5.91 Å². The Morgan fingerprint density at radius 3 is 2.67 bits per heavy atom. The molecule has 0 radical (unpaired) electrons. The van der Waals surface area contributed by atoms with E-state index in [2.05, 4.69) is 0 Å². The zero-order valence-corrected chi connectivity index (χ0v) is 10.7. The molecule has 1 heterocycles. The summed E-state index contributed by atoms with van der Waals surface area (Å²) in [6, 6.07) is 3.61. The molecule has 1 rings (SSSR count). The third kappa shape index (κ3) is 4.21. The Labute approximate surface area is 105 Å². The Kier molecular flexibility index (Phi) is 4.91. The third-order valence-electron chi connectivity index (χ3n) is 2.42. The molecule has 0 spiro atoms. The molecule has 1 N–H and O–H groups in total. The van der Waals surface area contributed by atoms with Gasteiger partial charge in [-0.15, -0.1) is 0 Å². The first-order valence-corrected chi connectivity index (χ1v) is 5.54. The SMILES string of the molecule is Cc1ccc(CN(C)C(=O)COC(C)C(=O)O)o1. The van der Waals surface area contributed by atoms with Crippen LogP contribution in [0.25, 0.3) is 0 Å². The van der Waals surface area contributed by atoms with Crippen LogP contribution in [0.4, 0.5) is 0 Å². The van der Waals surface area contributed by atoms with Gasteiger partial charge in [-0.3, -0.25) is 4.79 Å². The summed E-state index contributed by atoms with van der Waals surface area (Å²) in [5.41, 5.74) is 0. The third-order valence-corrected chi connectivity index (χ3v) is 2.42. The number of likely N-dealkylation sites (N-methyl/N-ethyl adjacent to an activating group) is 1. The monoisotopic (exact) mass is 255 g/mol. The van der Waals surface area contributed by atoms with E-state index in [1.165, 1.54) is 11.8 Å². The van der Waals surface area contributed by atoms with Gasteiger partial charge in [-0.1, -0.05) is 0 Å². The van der Waals surface area contributed by atoms with Crippen LogP contribution in [-0.2, 0) is 20.9 Å². The van der Waals surface area contributed by atoms with E-state index in [-0.39, 0.29) is 12.5 Å². The second kappa shape index (κ2) is 6.20. The van der Waals surface area contributed by atoms with E-state index in [1.54, 1.807) is 13.1 Å². The van der Waals surface area contributed by atoms with Crippen molar-refractivity contribution in [3.05, 3.63) is 23.7 Å². The lowest BCUT2D eigenvalue weighted by Crippen LogP contribution is -2.32. The number of carbonyl (C=O) groups is 2. The number of ether oxygens (including phenoxy) is 1. The van der Waals surface area contributed by atoms with Crippen molar-refractivity contribution in [2.75, 3.05) is 13.7 Å². The van der Waals surface area contributed by atoms with Crippen molar-refractivity contribution in [3.8, 4) is 0 Å². The molecule has 0 aliphatic heterocycles. The number of furan rings is 1. The maximum Gasteiger partial charge on any atom is 0.332 e. The summed E-state index contributed by atoms with van der Waals surface area (Å²) in [6.07, 6.45) is -0.992. The van der Waals surface area contributed by atoms with Gasteiger partial charge in [0.15, 0.2) is 6.10 Å². The van der Waals surface area contributed by atoms with Crippen LogP contribution in [0.15, 0.2) is 16.5 Å². The predicted molar refractivity (Wildman–Crippen MR) is 63.0 cm³/mol. The Bertz CT molecular complexity index is 426. The highest BCUT2D eigenvalue weighted by atomic mass is 16.5. The molecule has 18 heavy (non-hydrogen) atoms. The summed E-state index contributed by atoms with van der Waals surface area (Å²) < 4.78 is 10.2. The lowest BCUT2D eigenvalue weighted by molar-refractivity contribution is -0.152. The van der Waals surface area contributed by atoms with Gasteiger partial charge < -0.3 is 19.2 Å². The molecule has 0 saturated heterocycles. The van der Waals surface area contributed by atoms with Gasteiger partial charge in [-0.2, -0.15) is 0 Å². The molecule has 1 amide bonds. The Balaban J connectivity index is 2.39. The van der Waals surface area contributed by atoms with E-state index in [0.717, 1.165) is 5.76 Å². The zero-order valence-electron chi connectivity index (χ0n) is 10.7. The molecule has 100 valence electrons. The van der Waals surface area contributed by atoms with Crippen LogP contribution in [0.5, 0.6) is 0 Å². The minimum Gasteiger partial charge on any atom is -0.479 e. The Morgan fingerprint density at radius 1 is 1.50 bits per heavy atom. The summed E-state index contributed by atoms with van der Waals surface area (Å²) in [6.45, 7) is 3.27. The molecule has 0 aliphatic rings. The summed E-state index contributed by atoms with van der Waals surface area (Å²) in [5, 5.41) is 8.61. The summed E-state index contributed by atoms with van der Waals surface area (Å²) in [7, 11) is 1.61. The lowest BCUT2D eigenvalue weighted by atomic mass is 10.4. The van der Waals surface area contributed by atoms with Gasteiger partial charge in [-0.05, 0) is 26.0 Å². The average molecular weight is 255 g/mol. The topological polar surface area (TPSA) is 80.0 Å². The first kappa shape index (κ1) is 14.2. The quantitative estimate of drug-likeness (QED) is 0.821. The van der Waals surface area contributed by atoms with E-state index in [0.29, 0.717) is 12.3 Å². The highest BCUT2D eigenvalue weighted by Gasteiger charge is 2.16. The number of nitrogens with zero attached hydrogens (tertiary/aromatic N) is 1. The van der Waals surface area contributed by atoms with Crippen molar-refractivity contribution in [1.29, 1.82) is 0 Å². The number of carboxylic acids is 1. The van der Waals surface area contributed by atoms with Crippen molar-refractivity contribution in [1.82, 2.24) is 4.90 Å². The standard InChI is InChI=1S/C12H17NO5/c1-8-4-5-10(18-8)6-13(3)11(14)7-17-9(2)12(15)16/h4-5,9H,6-7H2,1-3H3,(H,15,16). The van der Waals surface area contributed by atoms with Crippen molar-refractivity contribution >= 4 is 11.9 Å². The fraction of sp³-hybridized carbons (Fsp3) is 0.500. The molecule has 1 atom stereocenters. The highest BCUT2D eigenvalue weighted by Crippen LogP contribution is 2.08. The maximum atomic E-state index is 11.6. The van der Waals surface area contributed by atoms with Crippen LogP contribution in [0.3, 0.4) is 0 Å². The Hall–Kier alpha value is -1.82. The summed E-state index contributed by atoms with van der Waals surface area (Å²) in [5.74, 6) is 0.0699. The largest absolute Gasteiger partial charge is 0.479 e. The molecular formula is C12H17NO5. The van der Waals surface area contributed by atoms with E-state index >= 15 is 0 Å². The maximum absolute atomic E-state index is 11.6. The van der Waals surface area contributed by atoms with Crippen LogP contribution >= 0.6 is 0 Å². The number of rotatable bonds is 6. The zero-order chi connectivity index (χ0) is 13.7. The number of aliphatic carboxylic acids is 1. The highest BCUT2D eigenvalue weighted by molar-refractivity contribution is 5.78. The Morgan fingerprint density at radius 2 is 2.17 bits per heavy atom. The minimum absolute atomic E-state index is 0.260. The van der Waals surface area contributed by atoms with Gasteiger partial charge in [-0.25, -0.2) is 4.79 Å². The lowest BCUT2D eigenvalue weighted by Gasteiger charge is -2.16. The molecule has 1 unspecified atom stereocenters. The molecule has 1 aromatic heterocycles. The van der Waals surface area contributed by atoms with Crippen LogP contribution in [-0.4, -0.2) is 41.6 Å². The molecule has 6 nitrogen and oxygen atoms in total. The van der Waals surface area contributed by atoms with Crippen LogP contribution in [0.1, 0.15) is 18.4 Å². The minimum atomic E-state index is -1.09. The molecule has 0 bridgehead atoms. The van der Waals surface area contributed by atoms with Gasteiger partial charge in [0.25, 0.3) is 0 Å². The predicted octanol–water partition coefficient (Wildman–Crippen LogP) is 1.04. The first-order valence-electron chi connectivity index (χ1n) is 5.54. The van der Waals surface area contributed by atoms with Gasteiger partial charge in [0.05, 0.1) is 6.54 Å². The van der Waals surface area contributed by atoms with E-state index in [4.69, 9.17) is 14.3 Å². The number of hydrogen-bond donors (Lipinski definition) is 1. The van der Waals surface area contributed by atoms with Gasteiger partial charge >= 0.3 is 5.97 Å². The number of aryl methyl sites for hydroxylation is 1. The summed E-state index contributed by atoms with van der Waals surface area (Å²) >= 11 is 0. The normalized spacial score (nSPS) is 12.2. The fourth-order valence-corrected chi connectivity index (χ4v) is 1.27. The van der Waals surface area contributed by atoms with Gasteiger partial charge in [0.1, 0.15) is 18.1 Å². The van der Waals surface area contributed by atoms with E-state index in [9.17, 15) is 9.59 Å². The van der Waals surface area contributed by atoms with Crippen molar-refractivity contribution in [2.45, 2.75) is 26.5 Å². The number of carboxylic acid groups (broad SMARTS) is 1. The van der Waals surface area contributed by atoms with Crippen molar-refractivity contribution in [3.63, 3.8) is 0 Å². The summed E-state index contributed by atoms with van der Waals surface area (Å²) in [4.78, 5) is 23.6. The van der Waals surface area contributed by atoms with Gasteiger partial charge in [0, 0.05) is 7.05 Å². The number of amides is 1. The molecule has 0 fully saturated rings. The van der Waals surface area contributed by atoms with Crippen LogP contribution in [0, 0.1) is 6.92 Å². The number of carbonyl (C=O) groups excluding carboxylic acids is 1.